The van der Waals surface area contributed by atoms with Crippen LogP contribution in [0.1, 0.15) is 38.8 Å². The van der Waals surface area contributed by atoms with E-state index in [0.29, 0.717) is 17.0 Å². The highest BCUT2D eigenvalue weighted by molar-refractivity contribution is 7.92. The fourth-order valence-corrected chi connectivity index (χ4v) is 6.86. The lowest BCUT2D eigenvalue weighted by atomic mass is 10.0. The Balaban J connectivity index is 1.91. The normalized spacial score (nSPS) is 11.3. The number of hydrogen-bond donors (Lipinski definition) is 2. The zero-order valence-electron chi connectivity index (χ0n) is 20.6. The SMILES string of the molecule is CCc1ccc(S(=O)(=O)c2c(Nc3ccccc3OC)sc(C(=O)c3cc(C)ccc3C)c2N)cc1. The summed E-state index contributed by atoms with van der Waals surface area (Å²) in [6, 6.07) is 19.5. The molecule has 6 nitrogen and oxygen atoms in total. The summed E-state index contributed by atoms with van der Waals surface area (Å²) in [4.78, 5) is 13.8. The van der Waals surface area contributed by atoms with Gasteiger partial charge in [0.25, 0.3) is 0 Å². The molecule has 4 rings (SSSR count). The first-order valence-electron chi connectivity index (χ1n) is 11.5. The van der Waals surface area contributed by atoms with Crippen LogP contribution in [0.3, 0.4) is 0 Å². The molecule has 186 valence electrons. The third kappa shape index (κ3) is 4.74. The predicted molar refractivity (Wildman–Crippen MR) is 146 cm³/mol. The minimum absolute atomic E-state index is 0.0668. The quantitative estimate of drug-likeness (QED) is 0.264. The Kier molecular flexibility index (Phi) is 7.19. The van der Waals surface area contributed by atoms with Crippen molar-refractivity contribution in [2.45, 2.75) is 37.0 Å². The lowest BCUT2D eigenvalue weighted by molar-refractivity contribution is 0.104. The van der Waals surface area contributed by atoms with Gasteiger partial charge in [0.05, 0.1) is 23.4 Å². The molecule has 0 atom stereocenters. The number of methoxy groups -OCH3 is 1. The lowest BCUT2D eigenvalue weighted by Gasteiger charge is -2.12. The van der Waals surface area contributed by atoms with E-state index in [0.717, 1.165) is 34.4 Å². The summed E-state index contributed by atoms with van der Waals surface area (Å²) in [5, 5.41) is 3.42. The van der Waals surface area contributed by atoms with Crippen LogP contribution in [0.4, 0.5) is 16.4 Å². The van der Waals surface area contributed by atoms with Crippen molar-refractivity contribution >= 4 is 43.3 Å². The summed E-state index contributed by atoms with van der Waals surface area (Å²) in [6.45, 7) is 5.75. The highest BCUT2D eigenvalue weighted by Gasteiger charge is 2.32. The summed E-state index contributed by atoms with van der Waals surface area (Å²) in [6.07, 6.45) is 0.788. The molecule has 0 fully saturated rings. The number of nitrogen functional groups attached to an aromatic ring is 1. The van der Waals surface area contributed by atoms with Gasteiger partial charge < -0.3 is 15.8 Å². The van der Waals surface area contributed by atoms with E-state index in [9.17, 15) is 13.2 Å². The number of thiophene rings is 1. The second kappa shape index (κ2) is 10.2. The first kappa shape index (κ1) is 25.5. The molecule has 3 N–H and O–H groups in total. The number of nitrogens with two attached hydrogens (primary N) is 1. The van der Waals surface area contributed by atoms with Crippen molar-refractivity contribution < 1.29 is 17.9 Å². The van der Waals surface area contributed by atoms with Crippen LogP contribution in [0.2, 0.25) is 0 Å². The Bertz CT molecular complexity index is 1540. The smallest absolute Gasteiger partial charge is 0.211 e. The summed E-state index contributed by atoms with van der Waals surface area (Å²) >= 11 is 1.03. The summed E-state index contributed by atoms with van der Waals surface area (Å²) in [5.41, 5.74) is 10.2. The highest BCUT2D eigenvalue weighted by Crippen LogP contribution is 2.45. The average Bonchev–Trinajstić information content (AvgIpc) is 3.21. The minimum Gasteiger partial charge on any atom is -0.495 e. The van der Waals surface area contributed by atoms with E-state index in [1.165, 1.54) is 7.11 Å². The van der Waals surface area contributed by atoms with Gasteiger partial charge in [-0.05, 0) is 61.7 Å². The lowest BCUT2D eigenvalue weighted by Crippen LogP contribution is -2.09. The molecule has 0 saturated heterocycles. The van der Waals surface area contributed by atoms with Crippen molar-refractivity contribution in [1.29, 1.82) is 0 Å². The van der Waals surface area contributed by atoms with Crippen LogP contribution in [0.25, 0.3) is 0 Å². The second-order valence-electron chi connectivity index (χ2n) is 8.48. The number of hydrogen-bond acceptors (Lipinski definition) is 7. The van der Waals surface area contributed by atoms with Crippen LogP contribution in [-0.2, 0) is 16.3 Å². The van der Waals surface area contributed by atoms with Crippen LogP contribution >= 0.6 is 11.3 Å². The van der Waals surface area contributed by atoms with E-state index in [-0.39, 0.29) is 31.1 Å². The number of carbonyl (C=O) groups is 1. The van der Waals surface area contributed by atoms with Gasteiger partial charge in [0.15, 0.2) is 0 Å². The molecule has 0 unspecified atom stereocenters. The van der Waals surface area contributed by atoms with Crippen LogP contribution in [0.15, 0.2) is 76.5 Å². The Labute approximate surface area is 215 Å². The number of benzene rings is 3. The van der Waals surface area contributed by atoms with E-state index < -0.39 is 9.84 Å². The van der Waals surface area contributed by atoms with Gasteiger partial charge in [0.1, 0.15) is 20.5 Å². The maximum absolute atomic E-state index is 13.9. The molecule has 0 aliphatic heterocycles. The van der Waals surface area contributed by atoms with Crippen molar-refractivity contribution in [2.24, 2.45) is 0 Å². The van der Waals surface area contributed by atoms with Gasteiger partial charge in [0, 0.05) is 5.56 Å². The zero-order chi connectivity index (χ0) is 26.0. The number of nitrogens with one attached hydrogen (secondary N) is 1. The van der Waals surface area contributed by atoms with E-state index in [1.807, 2.05) is 45.0 Å². The average molecular weight is 521 g/mol. The van der Waals surface area contributed by atoms with Gasteiger partial charge >= 0.3 is 0 Å². The fourth-order valence-electron chi connectivity index (χ4n) is 3.94. The number of ketones is 1. The number of carbonyl (C=O) groups excluding carboxylic acids is 1. The summed E-state index contributed by atoms with van der Waals surface area (Å²) < 4.78 is 33.1. The van der Waals surface area contributed by atoms with Gasteiger partial charge in [-0.3, -0.25) is 4.79 Å². The molecule has 36 heavy (non-hydrogen) atoms. The van der Waals surface area contributed by atoms with Crippen LogP contribution in [0.5, 0.6) is 5.75 Å². The van der Waals surface area contributed by atoms with Crippen LogP contribution in [-0.4, -0.2) is 21.3 Å². The number of ether oxygens (including phenoxy) is 1. The molecule has 1 aromatic heterocycles. The molecule has 0 spiro atoms. The van der Waals surface area contributed by atoms with Gasteiger partial charge in [0.2, 0.25) is 15.6 Å². The van der Waals surface area contributed by atoms with Gasteiger partial charge in [-0.2, -0.15) is 0 Å². The second-order valence-corrected chi connectivity index (χ2v) is 11.4. The van der Waals surface area contributed by atoms with Gasteiger partial charge in [-0.25, -0.2) is 8.42 Å². The molecule has 0 radical (unpaired) electrons. The molecule has 8 heteroatoms. The number of sulfone groups is 1. The number of aryl methyl sites for hydroxylation is 3. The van der Waals surface area contributed by atoms with Crippen molar-refractivity contribution in [3.05, 3.63) is 93.9 Å². The third-order valence-electron chi connectivity index (χ3n) is 6.01. The first-order valence-corrected chi connectivity index (χ1v) is 13.8. The molecule has 0 aliphatic rings. The van der Waals surface area contributed by atoms with Gasteiger partial charge in [-0.1, -0.05) is 48.9 Å². The van der Waals surface area contributed by atoms with E-state index in [4.69, 9.17) is 10.5 Å². The topological polar surface area (TPSA) is 98.5 Å². The van der Waals surface area contributed by atoms with Gasteiger partial charge in [-0.15, -0.1) is 11.3 Å². The third-order valence-corrected chi connectivity index (χ3v) is 9.11. The maximum atomic E-state index is 13.9. The predicted octanol–water partition coefficient (Wildman–Crippen LogP) is 6.33. The molecular weight excluding hydrogens is 492 g/mol. The zero-order valence-corrected chi connectivity index (χ0v) is 22.2. The standard InChI is InChI=1S/C28H28N2O4S2/c1-5-19-12-14-20(15-13-19)36(32,33)27-24(29)26(25(31)21-16-17(2)10-11-18(21)3)35-28(27)30-22-8-6-7-9-23(22)34-4/h6-16,30H,5,29H2,1-4H3. The molecule has 0 saturated carbocycles. The Morgan fingerprint density at radius 3 is 2.39 bits per heavy atom. The van der Waals surface area contributed by atoms with Crippen molar-refractivity contribution in [1.82, 2.24) is 0 Å². The molecule has 4 aromatic rings. The number of rotatable bonds is 8. The van der Waals surface area contributed by atoms with Crippen LogP contribution in [0, 0.1) is 13.8 Å². The number of anilines is 3. The molecule has 0 amide bonds. The highest BCUT2D eigenvalue weighted by atomic mass is 32.2. The Morgan fingerprint density at radius 2 is 1.72 bits per heavy atom. The molecular formula is C28H28N2O4S2. The molecule has 0 aliphatic carbocycles. The monoisotopic (exact) mass is 520 g/mol. The van der Waals surface area contributed by atoms with Crippen molar-refractivity contribution in [3.8, 4) is 5.75 Å². The Hall–Kier alpha value is -3.62. The van der Waals surface area contributed by atoms with Crippen molar-refractivity contribution in [3.63, 3.8) is 0 Å². The Morgan fingerprint density at radius 1 is 1.03 bits per heavy atom. The van der Waals surface area contributed by atoms with Crippen LogP contribution < -0.4 is 15.8 Å². The minimum atomic E-state index is -4.05. The summed E-state index contributed by atoms with van der Waals surface area (Å²) in [7, 11) is -2.51. The molecule has 3 aromatic carbocycles. The summed E-state index contributed by atoms with van der Waals surface area (Å²) in [5.74, 6) is 0.215. The number of para-hydroxylation sites is 2. The van der Waals surface area contributed by atoms with Crippen molar-refractivity contribution in [2.75, 3.05) is 18.2 Å². The molecule has 0 bridgehead atoms. The van der Waals surface area contributed by atoms with E-state index in [2.05, 4.69) is 5.32 Å². The van der Waals surface area contributed by atoms with E-state index in [1.54, 1.807) is 42.5 Å². The fraction of sp³-hybridized carbons (Fsp3) is 0.179. The first-order chi connectivity index (χ1) is 17.2. The maximum Gasteiger partial charge on any atom is 0.211 e. The molecule has 1 heterocycles. The van der Waals surface area contributed by atoms with E-state index >= 15 is 0 Å². The largest absolute Gasteiger partial charge is 0.495 e.